The van der Waals surface area contributed by atoms with Crippen LogP contribution >= 0.6 is 0 Å². The van der Waals surface area contributed by atoms with Gasteiger partial charge in [-0.05, 0) is 43.7 Å². The number of aryl methyl sites for hydroxylation is 3. The molecule has 3 aromatic rings. The Kier molecular flexibility index (Phi) is 5.60. The first kappa shape index (κ1) is 21.2. The number of amides is 1. The van der Waals surface area contributed by atoms with Crippen molar-refractivity contribution in [2.45, 2.75) is 65.3 Å². The fraction of sp³-hybridized carbons (Fsp3) is 0.458. The molecule has 1 aliphatic rings. The summed E-state index contributed by atoms with van der Waals surface area (Å²) in [6, 6.07) is 2.74. The zero-order valence-electron chi connectivity index (χ0n) is 18.0. The lowest BCUT2D eigenvalue weighted by atomic mass is 9.94. The maximum atomic E-state index is 12.6. The van der Waals surface area contributed by atoms with Gasteiger partial charge in [-0.15, -0.1) is 0 Å². The number of carbonyl (C=O) groups is 2. The van der Waals surface area contributed by atoms with Gasteiger partial charge in [-0.3, -0.25) is 4.79 Å². The summed E-state index contributed by atoms with van der Waals surface area (Å²) >= 11 is 0. The van der Waals surface area contributed by atoms with Gasteiger partial charge in [0.15, 0.2) is 0 Å². The predicted octanol–water partition coefficient (Wildman–Crippen LogP) is 3.88. The number of furan rings is 1. The summed E-state index contributed by atoms with van der Waals surface area (Å²) in [5, 5.41) is 13.8. The molecule has 0 fully saturated rings. The first-order chi connectivity index (χ1) is 14.8. The third-order valence-corrected chi connectivity index (χ3v) is 6.50. The van der Waals surface area contributed by atoms with Gasteiger partial charge < -0.3 is 19.3 Å². The SMILES string of the molecule is CC[C@H](C)[C@@H](NC(=O)Cc1c(C)c2cc3c4c(oc3cc2oc1=O)CCCC4)C(=O)O. The average Bonchev–Trinajstić information content (AvgIpc) is 3.10. The number of carboxylic acids is 1. The largest absolute Gasteiger partial charge is 0.480 e. The quantitative estimate of drug-likeness (QED) is 0.580. The second kappa shape index (κ2) is 8.21. The van der Waals surface area contributed by atoms with Crippen molar-refractivity contribution in [1.82, 2.24) is 5.32 Å². The molecule has 0 saturated heterocycles. The summed E-state index contributed by atoms with van der Waals surface area (Å²) in [6.07, 6.45) is 4.48. The van der Waals surface area contributed by atoms with Gasteiger partial charge in [0.1, 0.15) is 23.0 Å². The number of hydrogen-bond acceptors (Lipinski definition) is 5. The minimum atomic E-state index is -1.09. The zero-order valence-corrected chi connectivity index (χ0v) is 18.0. The number of fused-ring (bicyclic) bond motifs is 4. The maximum absolute atomic E-state index is 12.6. The highest BCUT2D eigenvalue weighted by atomic mass is 16.4. The Bertz CT molecular complexity index is 1230. The Hall–Kier alpha value is -3.09. The summed E-state index contributed by atoms with van der Waals surface area (Å²) in [7, 11) is 0. The molecule has 2 atom stereocenters. The smallest absolute Gasteiger partial charge is 0.340 e. The third-order valence-electron chi connectivity index (χ3n) is 6.50. The van der Waals surface area contributed by atoms with E-state index in [1.54, 1.807) is 19.9 Å². The van der Waals surface area contributed by atoms with Gasteiger partial charge in [0, 0.05) is 28.8 Å². The molecule has 0 aliphatic heterocycles. The van der Waals surface area contributed by atoms with Gasteiger partial charge in [-0.1, -0.05) is 20.3 Å². The monoisotopic (exact) mass is 425 g/mol. The third kappa shape index (κ3) is 3.84. The van der Waals surface area contributed by atoms with Gasteiger partial charge >= 0.3 is 11.6 Å². The van der Waals surface area contributed by atoms with Crippen LogP contribution in [-0.4, -0.2) is 23.0 Å². The first-order valence-electron chi connectivity index (χ1n) is 10.8. The van der Waals surface area contributed by atoms with Crippen LogP contribution < -0.4 is 10.9 Å². The van der Waals surface area contributed by atoms with Gasteiger partial charge in [0.05, 0.1) is 12.0 Å². The number of carbonyl (C=O) groups excluding carboxylic acids is 1. The van der Waals surface area contributed by atoms with E-state index < -0.39 is 23.5 Å². The molecule has 1 amide bonds. The van der Waals surface area contributed by atoms with E-state index >= 15 is 0 Å². The van der Waals surface area contributed by atoms with Gasteiger partial charge in [0.2, 0.25) is 5.91 Å². The molecular weight excluding hydrogens is 398 g/mol. The summed E-state index contributed by atoms with van der Waals surface area (Å²) in [5.41, 5.74) is 2.68. The van der Waals surface area contributed by atoms with E-state index in [2.05, 4.69) is 5.32 Å². The minimum Gasteiger partial charge on any atom is -0.480 e. The number of nitrogens with one attached hydrogen (secondary N) is 1. The van der Waals surface area contributed by atoms with Crippen molar-refractivity contribution in [3.05, 3.63) is 45.0 Å². The Labute approximate surface area is 179 Å². The fourth-order valence-electron chi connectivity index (χ4n) is 4.42. The van der Waals surface area contributed by atoms with Crippen molar-refractivity contribution >= 4 is 33.8 Å². The number of carboxylic acid groups (broad SMARTS) is 1. The van der Waals surface area contributed by atoms with Crippen LogP contribution in [0.25, 0.3) is 21.9 Å². The molecule has 0 saturated carbocycles. The second-order valence-electron chi connectivity index (χ2n) is 8.49. The number of benzene rings is 1. The maximum Gasteiger partial charge on any atom is 0.340 e. The van der Waals surface area contributed by atoms with Crippen LogP contribution in [0, 0.1) is 12.8 Å². The molecule has 0 radical (unpaired) electrons. The first-order valence-corrected chi connectivity index (χ1v) is 10.8. The van der Waals surface area contributed by atoms with E-state index in [0.29, 0.717) is 23.2 Å². The molecule has 2 N–H and O–H groups in total. The van der Waals surface area contributed by atoms with Crippen LogP contribution in [0.2, 0.25) is 0 Å². The Balaban J connectivity index is 1.71. The van der Waals surface area contributed by atoms with Crippen molar-refractivity contribution in [2.24, 2.45) is 5.92 Å². The van der Waals surface area contributed by atoms with Gasteiger partial charge in [-0.2, -0.15) is 0 Å². The molecule has 2 heterocycles. The Morgan fingerprint density at radius 3 is 2.55 bits per heavy atom. The molecule has 7 nitrogen and oxygen atoms in total. The molecule has 1 aliphatic carbocycles. The van der Waals surface area contributed by atoms with Crippen LogP contribution in [-0.2, 0) is 28.9 Å². The lowest BCUT2D eigenvalue weighted by Crippen LogP contribution is -2.45. The second-order valence-corrected chi connectivity index (χ2v) is 8.49. The van der Waals surface area contributed by atoms with E-state index in [0.717, 1.165) is 42.2 Å². The lowest BCUT2D eigenvalue weighted by molar-refractivity contribution is -0.143. The van der Waals surface area contributed by atoms with Crippen molar-refractivity contribution in [3.8, 4) is 0 Å². The molecule has 2 aromatic heterocycles. The highest BCUT2D eigenvalue weighted by Gasteiger charge is 2.26. The van der Waals surface area contributed by atoms with Gasteiger partial charge in [0.25, 0.3) is 0 Å². The molecule has 31 heavy (non-hydrogen) atoms. The topological polar surface area (TPSA) is 110 Å². The van der Waals surface area contributed by atoms with Gasteiger partial charge in [-0.25, -0.2) is 9.59 Å². The summed E-state index contributed by atoms with van der Waals surface area (Å²) < 4.78 is 11.5. The van der Waals surface area contributed by atoms with Crippen LogP contribution in [0.3, 0.4) is 0 Å². The molecule has 0 spiro atoms. The molecular formula is C24H27NO6. The Morgan fingerprint density at radius 2 is 1.84 bits per heavy atom. The fourth-order valence-corrected chi connectivity index (χ4v) is 4.42. The van der Waals surface area contributed by atoms with Crippen molar-refractivity contribution in [1.29, 1.82) is 0 Å². The van der Waals surface area contributed by atoms with Crippen LogP contribution in [0.1, 0.15) is 55.6 Å². The molecule has 0 unspecified atom stereocenters. The number of rotatable bonds is 6. The van der Waals surface area contributed by atoms with E-state index in [4.69, 9.17) is 8.83 Å². The highest BCUT2D eigenvalue weighted by Crippen LogP contribution is 2.35. The number of aliphatic carboxylic acids is 1. The van der Waals surface area contributed by atoms with Crippen molar-refractivity contribution in [3.63, 3.8) is 0 Å². The average molecular weight is 425 g/mol. The molecule has 0 bridgehead atoms. The zero-order chi connectivity index (χ0) is 22.3. The summed E-state index contributed by atoms with van der Waals surface area (Å²) in [6.45, 7) is 5.43. The van der Waals surface area contributed by atoms with Crippen LogP contribution in [0.4, 0.5) is 0 Å². The van der Waals surface area contributed by atoms with Crippen molar-refractivity contribution in [2.75, 3.05) is 0 Å². The Morgan fingerprint density at radius 1 is 1.13 bits per heavy atom. The van der Waals surface area contributed by atoms with E-state index in [1.165, 1.54) is 5.56 Å². The lowest BCUT2D eigenvalue weighted by Gasteiger charge is -2.20. The summed E-state index contributed by atoms with van der Waals surface area (Å²) in [4.78, 5) is 36.7. The highest BCUT2D eigenvalue weighted by molar-refractivity contribution is 5.97. The minimum absolute atomic E-state index is 0.226. The van der Waals surface area contributed by atoms with Crippen LogP contribution in [0.5, 0.6) is 0 Å². The molecule has 7 heteroatoms. The normalized spacial score (nSPS) is 15.6. The molecule has 164 valence electrons. The molecule has 1 aromatic carbocycles. The van der Waals surface area contributed by atoms with Crippen molar-refractivity contribution < 1.29 is 23.5 Å². The number of hydrogen-bond donors (Lipinski definition) is 2. The van der Waals surface area contributed by atoms with E-state index in [9.17, 15) is 19.5 Å². The predicted molar refractivity (Wildman–Crippen MR) is 116 cm³/mol. The van der Waals surface area contributed by atoms with Crippen LogP contribution in [0.15, 0.2) is 25.8 Å². The van der Waals surface area contributed by atoms with E-state index in [1.807, 2.05) is 13.0 Å². The standard InChI is InChI=1S/C24H27NO6/c1-4-12(2)22(23(27)28)25-21(26)10-16-13(3)15-9-17-14-7-5-6-8-18(14)30-20(17)11-19(15)31-24(16)29/h9,11-12,22H,4-8,10H2,1-3H3,(H,25,26)(H,27,28)/t12-,22+/m0/s1. The summed E-state index contributed by atoms with van der Waals surface area (Å²) in [5.74, 6) is -0.821. The van der Waals surface area contributed by atoms with E-state index in [-0.39, 0.29) is 17.9 Å². The molecule has 4 rings (SSSR count).